The highest BCUT2D eigenvalue weighted by molar-refractivity contribution is 5.33. The summed E-state index contributed by atoms with van der Waals surface area (Å²) in [7, 11) is 2.14. The molecule has 4 nitrogen and oxygen atoms in total. The van der Waals surface area contributed by atoms with Gasteiger partial charge in [0.2, 0.25) is 0 Å². The van der Waals surface area contributed by atoms with Gasteiger partial charge in [-0.1, -0.05) is 12.1 Å². The van der Waals surface area contributed by atoms with E-state index in [0.29, 0.717) is 5.92 Å². The van der Waals surface area contributed by atoms with E-state index in [0.717, 1.165) is 31.6 Å². The zero-order valence-electron chi connectivity index (χ0n) is 11.8. The summed E-state index contributed by atoms with van der Waals surface area (Å²) in [4.78, 5) is 2.33. The van der Waals surface area contributed by atoms with Crippen LogP contribution in [-0.4, -0.2) is 39.5 Å². The largest absolute Gasteiger partial charge is 0.393 e. The zero-order valence-corrected chi connectivity index (χ0v) is 11.8. The average Bonchev–Trinajstić information content (AvgIpc) is 2.92. The number of aliphatic hydroxyl groups excluding tert-OH is 1. The van der Waals surface area contributed by atoms with Crippen molar-refractivity contribution in [1.29, 1.82) is 0 Å². The third kappa shape index (κ3) is 3.08. The first-order chi connectivity index (χ1) is 9.70. The molecule has 1 aromatic carbocycles. The topological polar surface area (TPSA) is 41.3 Å². The Morgan fingerprint density at radius 1 is 1.30 bits per heavy atom. The van der Waals surface area contributed by atoms with Gasteiger partial charge in [0, 0.05) is 25.5 Å². The fourth-order valence-electron chi connectivity index (χ4n) is 2.84. The molecule has 106 valence electrons. The first-order valence-corrected chi connectivity index (χ1v) is 7.16. The van der Waals surface area contributed by atoms with Gasteiger partial charge in [-0.15, -0.1) is 0 Å². The van der Waals surface area contributed by atoms with Gasteiger partial charge < -0.3 is 10.0 Å². The minimum Gasteiger partial charge on any atom is -0.393 e. The molecule has 1 fully saturated rings. The van der Waals surface area contributed by atoms with Crippen LogP contribution < -0.4 is 0 Å². The zero-order chi connectivity index (χ0) is 13.9. The molecule has 20 heavy (non-hydrogen) atoms. The van der Waals surface area contributed by atoms with Gasteiger partial charge in [0.05, 0.1) is 11.8 Å². The number of hydrogen-bond acceptors (Lipinski definition) is 3. The quantitative estimate of drug-likeness (QED) is 0.905. The Bertz CT molecular complexity index is 529. The Balaban J connectivity index is 1.55. The lowest BCUT2D eigenvalue weighted by Gasteiger charge is -2.34. The standard InChI is InChI=1S/C16H21N3O/c1-18(12-14-9-16(20)10-14)11-13-3-5-15(6-4-13)19-8-2-7-17-19/h2-8,14,16,20H,9-12H2,1H3. The molecule has 0 atom stereocenters. The predicted molar refractivity (Wildman–Crippen MR) is 78.6 cm³/mol. The summed E-state index contributed by atoms with van der Waals surface area (Å²) in [5.74, 6) is 0.665. The second-order valence-electron chi connectivity index (χ2n) is 5.81. The summed E-state index contributed by atoms with van der Waals surface area (Å²) in [5.41, 5.74) is 2.40. The Hall–Kier alpha value is -1.65. The maximum Gasteiger partial charge on any atom is 0.0645 e. The van der Waals surface area contributed by atoms with Crippen LogP contribution in [0.15, 0.2) is 42.7 Å². The van der Waals surface area contributed by atoms with E-state index in [2.05, 4.69) is 41.3 Å². The molecule has 1 heterocycles. The van der Waals surface area contributed by atoms with E-state index in [4.69, 9.17) is 0 Å². The van der Waals surface area contributed by atoms with Crippen LogP contribution in [0.2, 0.25) is 0 Å². The van der Waals surface area contributed by atoms with Crippen LogP contribution in [0.4, 0.5) is 0 Å². The second-order valence-corrected chi connectivity index (χ2v) is 5.81. The van der Waals surface area contributed by atoms with Gasteiger partial charge in [-0.3, -0.25) is 0 Å². The summed E-state index contributed by atoms with van der Waals surface area (Å²) in [6, 6.07) is 10.4. The van der Waals surface area contributed by atoms with Crippen molar-refractivity contribution in [2.45, 2.75) is 25.5 Å². The third-order valence-electron chi connectivity index (χ3n) is 3.94. The first-order valence-electron chi connectivity index (χ1n) is 7.16. The molecule has 0 radical (unpaired) electrons. The molecule has 0 aliphatic heterocycles. The lowest BCUT2D eigenvalue weighted by molar-refractivity contribution is 0.0274. The molecular formula is C16H21N3O. The number of nitrogens with zero attached hydrogens (tertiary/aromatic N) is 3. The van der Waals surface area contributed by atoms with Gasteiger partial charge in [-0.2, -0.15) is 5.10 Å². The highest BCUT2D eigenvalue weighted by Gasteiger charge is 2.27. The molecule has 1 N–H and O–H groups in total. The number of benzene rings is 1. The van der Waals surface area contributed by atoms with Gasteiger partial charge in [0.25, 0.3) is 0 Å². The Morgan fingerprint density at radius 3 is 2.65 bits per heavy atom. The van der Waals surface area contributed by atoms with Crippen molar-refractivity contribution in [2.24, 2.45) is 5.92 Å². The predicted octanol–water partition coefficient (Wildman–Crippen LogP) is 2.07. The Kier molecular flexibility index (Phi) is 3.85. The smallest absolute Gasteiger partial charge is 0.0645 e. The van der Waals surface area contributed by atoms with E-state index in [1.54, 1.807) is 6.20 Å². The molecule has 0 amide bonds. The molecule has 1 aromatic heterocycles. The maximum absolute atomic E-state index is 9.32. The third-order valence-corrected chi connectivity index (χ3v) is 3.94. The van der Waals surface area contributed by atoms with E-state index in [1.165, 1.54) is 5.56 Å². The molecule has 0 saturated heterocycles. The van der Waals surface area contributed by atoms with E-state index < -0.39 is 0 Å². The minimum absolute atomic E-state index is 0.0539. The molecule has 2 aromatic rings. The summed E-state index contributed by atoms with van der Waals surface area (Å²) in [6.45, 7) is 2.02. The van der Waals surface area contributed by atoms with Crippen molar-refractivity contribution < 1.29 is 5.11 Å². The summed E-state index contributed by atoms with van der Waals surface area (Å²) in [6.07, 6.45) is 5.60. The van der Waals surface area contributed by atoms with E-state index >= 15 is 0 Å². The Labute approximate surface area is 119 Å². The maximum atomic E-state index is 9.32. The van der Waals surface area contributed by atoms with Gasteiger partial charge >= 0.3 is 0 Å². The molecule has 0 spiro atoms. The van der Waals surface area contributed by atoms with Crippen LogP contribution in [0.5, 0.6) is 0 Å². The van der Waals surface area contributed by atoms with Crippen molar-refractivity contribution >= 4 is 0 Å². The molecule has 3 rings (SSSR count). The number of hydrogen-bond donors (Lipinski definition) is 1. The highest BCUT2D eigenvalue weighted by Crippen LogP contribution is 2.27. The molecule has 0 unspecified atom stereocenters. The second kappa shape index (κ2) is 5.77. The van der Waals surface area contributed by atoms with Gasteiger partial charge in [0.15, 0.2) is 0 Å². The fraction of sp³-hybridized carbons (Fsp3) is 0.438. The van der Waals surface area contributed by atoms with Crippen molar-refractivity contribution in [3.8, 4) is 5.69 Å². The van der Waals surface area contributed by atoms with Gasteiger partial charge in [-0.25, -0.2) is 4.68 Å². The van der Waals surface area contributed by atoms with E-state index in [1.807, 2.05) is 16.9 Å². The highest BCUT2D eigenvalue weighted by atomic mass is 16.3. The molecular weight excluding hydrogens is 250 g/mol. The molecule has 1 aliphatic rings. The summed E-state index contributed by atoms with van der Waals surface area (Å²) >= 11 is 0. The van der Waals surface area contributed by atoms with Crippen molar-refractivity contribution in [3.63, 3.8) is 0 Å². The van der Waals surface area contributed by atoms with Crippen molar-refractivity contribution in [3.05, 3.63) is 48.3 Å². The first kappa shape index (κ1) is 13.3. The van der Waals surface area contributed by atoms with Gasteiger partial charge in [0.1, 0.15) is 0 Å². The summed E-state index contributed by atoms with van der Waals surface area (Å²) in [5, 5.41) is 13.5. The normalized spacial score (nSPS) is 21.9. The van der Waals surface area contributed by atoms with Crippen LogP contribution in [0.25, 0.3) is 5.69 Å². The SMILES string of the molecule is CN(Cc1ccc(-n2cccn2)cc1)CC1CC(O)C1. The minimum atomic E-state index is -0.0539. The van der Waals surface area contributed by atoms with Gasteiger partial charge in [-0.05, 0) is 49.6 Å². The number of aromatic nitrogens is 2. The van der Waals surface area contributed by atoms with Crippen molar-refractivity contribution in [2.75, 3.05) is 13.6 Å². The van der Waals surface area contributed by atoms with E-state index in [9.17, 15) is 5.11 Å². The van der Waals surface area contributed by atoms with Crippen LogP contribution in [0.3, 0.4) is 0 Å². The Morgan fingerprint density at radius 2 is 2.05 bits per heavy atom. The number of aliphatic hydroxyl groups is 1. The molecule has 0 bridgehead atoms. The van der Waals surface area contributed by atoms with Crippen LogP contribution in [0, 0.1) is 5.92 Å². The summed E-state index contributed by atoms with van der Waals surface area (Å²) < 4.78 is 1.86. The molecule has 1 saturated carbocycles. The van der Waals surface area contributed by atoms with Crippen molar-refractivity contribution in [1.82, 2.24) is 14.7 Å². The lowest BCUT2D eigenvalue weighted by atomic mass is 9.82. The molecule has 1 aliphatic carbocycles. The van der Waals surface area contributed by atoms with E-state index in [-0.39, 0.29) is 6.10 Å². The van der Waals surface area contributed by atoms with Crippen LogP contribution >= 0.6 is 0 Å². The van der Waals surface area contributed by atoms with Crippen LogP contribution in [-0.2, 0) is 6.54 Å². The fourth-order valence-corrected chi connectivity index (χ4v) is 2.84. The van der Waals surface area contributed by atoms with Crippen LogP contribution in [0.1, 0.15) is 18.4 Å². The average molecular weight is 271 g/mol. The molecule has 4 heteroatoms. The number of rotatable bonds is 5. The lowest BCUT2D eigenvalue weighted by Crippen LogP contribution is -2.36. The monoisotopic (exact) mass is 271 g/mol.